The lowest BCUT2D eigenvalue weighted by Gasteiger charge is -1.86. The maximum atomic E-state index is 7.88. The molecule has 1 N–H and O–H groups in total. The summed E-state index contributed by atoms with van der Waals surface area (Å²) >= 11 is 9.96. The Labute approximate surface area is 119 Å². The van der Waals surface area contributed by atoms with Gasteiger partial charge in [-0.15, -0.1) is 23.2 Å². The van der Waals surface area contributed by atoms with Gasteiger partial charge in [-0.05, 0) is 0 Å². The fourth-order valence-electron chi connectivity index (χ4n) is 1.000. The summed E-state index contributed by atoms with van der Waals surface area (Å²) in [7, 11) is 0. The number of hydrogen-bond donors (Lipinski definition) is 1. The first-order valence-corrected chi connectivity index (χ1v) is 7.86. The van der Waals surface area contributed by atoms with E-state index in [1.807, 2.05) is 0 Å². The van der Waals surface area contributed by atoms with Crippen LogP contribution < -0.4 is 0 Å². The monoisotopic (exact) mass is 286 g/mol. The largest absolute Gasteiger partial charge is 0.394 e. The molecule has 0 saturated carbocycles. The van der Waals surface area contributed by atoms with E-state index in [1.54, 1.807) is 0 Å². The molecule has 0 radical (unpaired) electrons. The van der Waals surface area contributed by atoms with E-state index in [0.717, 1.165) is 0 Å². The van der Waals surface area contributed by atoms with Crippen molar-refractivity contribution >= 4 is 23.2 Å². The van der Waals surface area contributed by atoms with Crippen LogP contribution in [0.15, 0.2) is 0 Å². The summed E-state index contributed by atoms with van der Waals surface area (Å²) in [5, 5.41) is 7.88. The van der Waals surface area contributed by atoms with Crippen LogP contribution in [0.5, 0.6) is 0 Å². The van der Waals surface area contributed by atoms with Gasteiger partial charge in [-0.25, -0.2) is 0 Å². The Morgan fingerprint density at radius 2 is 0.882 bits per heavy atom. The third-order valence-corrected chi connectivity index (χ3v) is 2.33. The van der Waals surface area contributed by atoms with Crippen LogP contribution in [0.4, 0.5) is 0 Å². The minimum atomic E-state index is -0.616. The molecule has 0 atom stereocenters. The van der Waals surface area contributed by atoms with Crippen LogP contribution in [-0.4, -0.2) is 16.5 Å². The van der Waals surface area contributed by atoms with Crippen molar-refractivity contribution in [1.82, 2.24) is 0 Å². The molecule has 0 spiro atoms. The smallest absolute Gasteiger partial charge is 0.130 e. The standard InChI is InChI=1S/2C6H14.C2H4Cl2O/c2*1-3-5-6-4-2;3-2(4)1-5/h2*3-6H2,1-2H3;2,5H,1H2. The SMILES string of the molecule is CCCCCC.CCCCCC.OCC(Cl)Cl. The molecule has 0 bridgehead atoms. The van der Waals surface area contributed by atoms with Crippen LogP contribution in [0.1, 0.15) is 79.1 Å². The van der Waals surface area contributed by atoms with E-state index in [4.69, 9.17) is 28.3 Å². The lowest BCUT2D eigenvalue weighted by Crippen LogP contribution is -1.90. The summed E-state index contributed by atoms with van der Waals surface area (Å²) in [5.41, 5.74) is 0. The highest BCUT2D eigenvalue weighted by atomic mass is 35.5. The lowest BCUT2D eigenvalue weighted by atomic mass is 10.2. The van der Waals surface area contributed by atoms with Crippen molar-refractivity contribution in [3.05, 3.63) is 0 Å². The summed E-state index contributed by atoms with van der Waals surface area (Å²) in [6.45, 7) is 8.76. The molecule has 0 unspecified atom stereocenters. The average Bonchev–Trinajstić information content (AvgIpc) is 2.35. The van der Waals surface area contributed by atoms with E-state index in [0.29, 0.717) is 0 Å². The van der Waals surface area contributed by atoms with Gasteiger partial charge in [0.05, 0.1) is 6.61 Å². The van der Waals surface area contributed by atoms with E-state index < -0.39 is 4.84 Å². The molecule has 0 aromatic rings. The van der Waals surface area contributed by atoms with Gasteiger partial charge in [-0.2, -0.15) is 0 Å². The molecule has 17 heavy (non-hydrogen) atoms. The predicted molar refractivity (Wildman–Crippen MR) is 82.2 cm³/mol. The molecule has 0 saturated heterocycles. The van der Waals surface area contributed by atoms with Crippen LogP contribution in [0.3, 0.4) is 0 Å². The molecule has 0 rings (SSSR count). The Bertz CT molecular complexity index is 82.2. The molecule has 0 aromatic carbocycles. The second-order valence-electron chi connectivity index (χ2n) is 3.99. The summed E-state index contributed by atoms with van der Waals surface area (Å²) in [5.74, 6) is 0. The van der Waals surface area contributed by atoms with Crippen molar-refractivity contribution in [3.8, 4) is 0 Å². The molecular weight excluding hydrogens is 255 g/mol. The number of hydrogen-bond acceptors (Lipinski definition) is 1. The molecule has 0 aromatic heterocycles. The molecule has 1 nitrogen and oxygen atoms in total. The van der Waals surface area contributed by atoms with Crippen LogP contribution in [0.25, 0.3) is 0 Å². The lowest BCUT2D eigenvalue weighted by molar-refractivity contribution is 0.313. The number of halogens is 2. The molecule has 0 heterocycles. The van der Waals surface area contributed by atoms with Crippen LogP contribution in [0, 0.1) is 0 Å². The van der Waals surface area contributed by atoms with Crippen molar-refractivity contribution in [2.45, 2.75) is 83.9 Å². The number of alkyl halides is 2. The van der Waals surface area contributed by atoms with E-state index in [1.165, 1.54) is 51.4 Å². The summed E-state index contributed by atoms with van der Waals surface area (Å²) < 4.78 is 0. The zero-order valence-electron chi connectivity index (χ0n) is 12.1. The minimum absolute atomic E-state index is 0.164. The third-order valence-electron chi connectivity index (χ3n) is 2.05. The molecule has 0 fully saturated rings. The normalized spacial score (nSPS) is 9.18. The van der Waals surface area contributed by atoms with E-state index in [9.17, 15) is 0 Å². The van der Waals surface area contributed by atoms with Crippen LogP contribution >= 0.6 is 23.2 Å². The van der Waals surface area contributed by atoms with Crippen molar-refractivity contribution in [1.29, 1.82) is 0 Å². The Morgan fingerprint density at radius 3 is 0.941 bits per heavy atom. The quantitative estimate of drug-likeness (QED) is 0.452. The van der Waals surface area contributed by atoms with E-state index in [2.05, 4.69) is 27.7 Å². The predicted octanol–water partition coefficient (Wildman–Crippen LogP) is 5.96. The molecule has 108 valence electrons. The highest BCUT2D eigenvalue weighted by Gasteiger charge is 1.88. The van der Waals surface area contributed by atoms with Crippen molar-refractivity contribution in [3.63, 3.8) is 0 Å². The summed E-state index contributed by atoms with van der Waals surface area (Å²) in [4.78, 5) is -0.616. The summed E-state index contributed by atoms with van der Waals surface area (Å²) in [6.07, 6.45) is 11.1. The average molecular weight is 287 g/mol. The first kappa shape index (κ1) is 22.7. The molecule has 0 aliphatic carbocycles. The first-order valence-electron chi connectivity index (χ1n) is 6.99. The van der Waals surface area contributed by atoms with Gasteiger partial charge in [0.15, 0.2) is 0 Å². The van der Waals surface area contributed by atoms with Crippen LogP contribution in [0.2, 0.25) is 0 Å². The fourth-order valence-corrected chi connectivity index (χ4v) is 1.000. The Balaban J connectivity index is -0.000000174. The molecule has 3 heteroatoms. The minimum Gasteiger partial charge on any atom is -0.394 e. The molecule has 0 aliphatic rings. The Morgan fingerprint density at radius 1 is 0.706 bits per heavy atom. The van der Waals surface area contributed by atoms with Crippen LogP contribution in [-0.2, 0) is 0 Å². The topological polar surface area (TPSA) is 20.2 Å². The first-order chi connectivity index (χ1) is 8.10. The second kappa shape index (κ2) is 25.4. The van der Waals surface area contributed by atoms with Crippen molar-refractivity contribution in [2.24, 2.45) is 0 Å². The van der Waals surface area contributed by atoms with E-state index >= 15 is 0 Å². The second-order valence-corrected chi connectivity index (χ2v) is 5.26. The maximum absolute atomic E-state index is 7.88. The Hall–Kier alpha value is 0.540. The number of unbranched alkanes of at least 4 members (excludes halogenated alkanes) is 6. The molecule has 0 amide bonds. The molecule has 0 aliphatic heterocycles. The number of rotatable bonds is 7. The van der Waals surface area contributed by atoms with E-state index in [-0.39, 0.29) is 6.61 Å². The Kier molecular flexibility index (Phi) is 33.9. The maximum Gasteiger partial charge on any atom is 0.130 e. The van der Waals surface area contributed by atoms with Gasteiger partial charge in [0, 0.05) is 0 Å². The van der Waals surface area contributed by atoms with Gasteiger partial charge in [-0.3, -0.25) is 0 Å². The van der Waals surface area contributed by atoms with Gasteiger partial charge in [0.1, 0.15) is 4.84 Å². The highest BCUT2D eigenvalue weighted by Crippen LogP contribution is 1.96. The van der Waals surface area contributed by atoms with Gasteiger partial charge in [0.2, 0.25) is 0 Å². The van der Waals surface area contributed by atoms with Gasteiger partial charge < -0.3 is 5.11 Å². The zero-order valence-corrected chi connectivity index (χ0v) is 13.7. The third kappa shape index (κ3) is 47.9. The van der Waals surface area contributed by atoms with Gasteiger partial charge in [0.25, 0.3) is 0 Å². The fraction of sp³-hybridized carbons (Fsp3) is 1.00. The molecular formula is C14H32Cl2O. The van der Waals surface area contributed by atoms with Crippen molar-refractivity contribution in [2.75, 3.05) is 6.61 Å². The zero-order chi connectivity index (χ0) is 13.9. The summed E-state index contributed by atoms with van der Waals surface area (Å²) in [6, 6.07) is 0. The van der Waals surface area contributed by atoms with Gasteiger partial charge in [-0.1, -0.05) is 79.1 Å². The number of aliphatic hydroxyl groups excluding tert-OH is 1. The van der Waals surface area contributed by atoms with Gasteiger partial charge >= 0.3 is 0 Å². The highest BCUT2D eigenvalue weighted by molar-refractivity contribution is 6.44. The number of aliphatic hydroxyl groups is 1. The van der Waals surface area contributed by atoms with Crippen molar-refractivity contribution < 1.29 is 5.11 Å².